The zero-order valence-corrected chi connectivity index (χ0v) is 11.7. The highest BCUT2D eigenvalue weighted by molar-refractivity contribution is 9.10. The average Bonchev–Trinajstić information content (AvgIpc) is 2.26. The summed E-state index contributed by atoms with van der Waals surface area (Å²) in [5.74, 6) is 0.621. The lowest BCUT2D eigenvalue weighted by Gasteiger charge is -2.35. The SMILES string of the molecule is CC1CCCC(O)(CNc2cncc(Br)c2)C1. The minimum Gasteiger partial charge on any atom is -0.388 e. The Morgan fingerprint density at radius 1 is 1.59 bits per heavy atom. The molecule has 1 aliphatic carbocycles. The molecule has 2 N–H and O–H groups in total. The van der Waals surface area contributed by atoms with Crippen molar-refractivity contribution in [3.05, 3.63) is 22.9 Å². The van der Waals surface area contributed by atoms with Crippen LogP contribution in [0.2, 0.25) is 0 Å². The van der Waals surface area contributed by atoms with Crippen molar-refractivity contribution in [2.75, 3.05) is 11.9 Å². The summed E-state index contributed by atoms with van der Waals surface area (Å²) in [5, 5.41) is 13.8. The molecule has 1 aliphatic rings. The molecule has 17 heavy (non-hydrogen) atoms. The molecule has 0 radical (unpaired) electrons. The third kappa shape index (κ3) is 3.68. The second kappa shape index (κ2) is 5.36. The van der Waals surface area contributed by atoms with E-state index in [1.807, 2.05) is 6.07 Å². The molecule has 0 aromatic carbocycles. The first kappa shape index (κ1) is 12.8. The fraction of sp³-hybridized carbons (Fsp3) is 0.615. The van der Waals surface area contributed by atoms with Gasteiger partial charge < -0.3 is 10.4 Å². The monoisotopic (exact) mass is 298 g/mol. The summed E-state index contributed by atoms with van der Waals surface area (Å²) in [4.78, 5) is 4.09. The molecule has 2 rings (SSSR count). The van der Waals surface area contributed by atoms with Crippen molar-refractivity contribution < 1.29 is 5.11 Å². The largest absolute Gasteiger partial charge is 0.388 e. The van der Waals surface area contributed by atoms with Gasteiger partial charge in [-0.25, -0.2) is 0 Å². The van der Waals surface area contributed by atoms with Crippen LogP contribution in [-0.4, -0.2) is 22.2 Å². The number of nitrogens with one attached hydrogen (secondary N) is 1. The highest BCUT2D eigenvalue weighted by atomic mass is 79.9. The van der Waals surface area contributed by atoms with Crippen molar-refractivity contribution in [3.8, 4) is 0 Å². The molecular weight excluding hydrogens is 280 g/mol. The molecule has 1 heterocycles. The van der Waals surface area contributed by atoms with Gasteiger partial charge in [-0.05, 0) is 40.8 Å². The van der Waals surface area contributed by atoms with E-state index in [9.17, 15) is 5.11 Å². The molecule has 3 nitrogen and oxygen atoms in total. The fourth-order valence-corrected chi connectivity index (χ4v) is 2.93. The standard InChI is InChI=1S/C13H19BrN2O/c1-10-3-2-4-13(17,6-10)9-16-12-5-11(14)7-15-8-12/h5,7-8,10,16-17H,2-4,6,9H2,1H3. The second-order valence-electron chi connectivity index (χ2n) is 5.17. The normalized spacial score (nSPS) is 29.0. The summed E-state index contributed by atoms with van der Waals surface area (Å²) < 4.78 is 0.950. The molecule has 0 aliphatic heterocycles. The summed E-state index contributed by atoms with van der Waals surface area (Å²) in [5.41, 5.74) is 0.394. The van der Waals surface area contributed by atoms with E-state index in [1.54, 1.807) is 12.4 Å². The van der Waals surface area contributed by atoms with Gasteiger partial charge in [0.25, 0.3) is 0 Å². The van der Waals surface area contributed by atoms with Crippen LogP contribution in [0.1, 0.15) is 32.6 Å². The van der Waals surface area contributed by atoms with Crippen LogP contribution in [0.3, 0.4) is 0 Å². The topological polar surface area (TPSA) is 45.1 Å². The number of nitrogens with zero attached hydrogens (tertiary/aromatic N) is 1. The van der Waals surface area contributed by atoms with Crippen LogP contribution < -0.4 is 5.32 Å². The van der Waals surface area contributed by atoms with Crippen LogP contribution in [0.25, 0.3) is 0 Å². The second-order valence-corrected chi connectivity index (χ2v) is 6.09. The van der Waals surface area contributed by atoms with E-state index in [1.165, 1.54) is 6.42 Å². The Kier molecular flexibility index (Phi) is 4.05. The first-order chi connectivity index (χ1) is 8.07. The molecule has 0 spiro atoms. The molecule has 1 fully saturated rings. The third-order valence-corrected chi connectivity index (χ3v) is 3.83. The number of anilines is 1. The van der Waals surface area contributed by atoms with E-state index in [4.69, 9.17) is 0 Å². The molecule has 0 amide bonds. The lowest BCUT2D eigenvalue weighted by Crippen LogP contribution is -2.41. The van der Waals surface area contributed by atoms with Gasteiger partial charge in [-0.2, -0.15) is 0 Å². The molecular formula is C13H19BrN2O. The molecule has 1 aromatic rings. The number of hydrogen-bond donors (Lipinski definition) is 2. The molecule has 4 heteroatoms. The van der Waals surface area contributed by atoms with Gasteiger partial charge in [-0.15, -0.1) is 0 Å². The molecule has 1 saturated carbocycles. The maximum Gasteiger partial charge on any atom is 0.0821 e. The Bertz CT molecular complexity index is 385. The van der Waals surface area contributed by atoms with Crippen LogP contribution >= 0.6 is 15.9 Å². The van der Waals surface area contributed by atoms with Crippen LogP contribution in [0.5, 0.6) is 0 Å². The highest BCUT2D eigenvalue weighted by Crippen LogP contribution is 2.32. The van der Waals surface area contributed by atoms with E-state index >= 15 is 0 Å². The van der Waals surface area contributed by atoms with E-state index in [-0.39, 0.29) is 0 Å². The predicted molar refractivity (Wildman–Crippen MR) is 73.0 cm³/mol. The van der Waals surface area contributed by atoms with Gasteiger partial charge in [-0.3, -0.25) is 4.98 Å². The maximum atomic E-state index is 10.5. The van der Waals surface area contributed by atoms with Crippen molar-refractivity contribution in [2.24, 2.45) is 5.92 Å². The van der Waals surface area contributed by atoms with Crippen molar-refractivity contribution in [1.29, 1.82) is 0 Å². The van der Waals surface area contributed by atoms with E-state index in [0.29, 0.717) is 12.5 Å². The Balaban J connectivity index is 1.93. The molecule has 2 atom stereocenters. The fourth-order valence-electron chi connectivity index (χ4n) is 2.57. The molecule has 0 bridgehead atoms. The Morgan fingerprint density at radius 3 is 3.12 bits per heavy atom. The van der Waals surface area contributed by atoms with Gasteiger partial charge in [0, 0.05) is 17.2 Å². The molecule has 2 unspecified atom stereocenters. The van der Waals surface area contributed by atoms with Gasteiger partial charge >= 0.3 is 0 Å². The summed E-state index contributed by atoms with van der Waals surface area (Å²) in [6.45, 7) is 2.82. The van der Waals surface area contributed by atoms with E-state index in [0.717, 1.165) is 29.4 Å². The first-order valence-electron chi connectivity index (χ1n) is 6.14. The predicted octanol–water partition coefficient (Wildman–Crippen LogP) is 3.20. The van der Waals surface area contributed by atoms with Crippen molar-refractivity contribution in [2.45, 2.75) is 38.2 Å². The number of pyridine rings is 1. The van der Waals surface area contributed by atoms with Gasteiger partial charge in [-0.1, -0.05) is 19.8 Å². The maximum absolute atomic E-state index is 10.5. The van der Waals surface area contributed by atoms with Crippen LogP contribution in [0, 0.1) is 5.92 Å². The molecule has 1 aromatic heterocycles. The smallest absolute Gasteiger partial charge is 0.0821 e. The Hall–Kier alpha value is -0.610. The Labute approximate surface area is 111 Å². The van der Waals surface area contributed by atoms with Crippen LogP contribution in [-0.2, 0) is 0 Å². The summed E-state index contributed by atoms with van der Waals surface area (Å²) in [7, 11) is 0. The summed E-state index contributed by atoms with van der Waals surface area (Å²) in [6.07, 6.45) is 7.67. The number of hydrogen-bond acceptors (Lipinski definition) is 3. The molecule has 94 valence electrons. The zero-order valence-electron chi connectivity index (χ0n) is 10.1. The summed E-state index contributed by atoms with van der Waals surface area (Å²) in [6, 6.07) is 1.97. The number of rotatable bonds is 3. The van der Waals surface area contributed by atoms with Crippen molar-refractivity contribution in [1.82, 2.24) is 4.98 Å². The van der Waals surface area contributed by atoms with E-state index in [2.05, 4.69) is 33.2 Å². The quantitative estimate of drug-likeness (QED) is 0.901. The number of halogens is 1. The first-order valence-corrected chi connectivity index (χ1v) is 6.93. The lowest BCUT2D eigenvalue weighted by molar-refractivity contribution is -0.000765. The minimum atomic E-state index is -0.556. The molecule has 0 saturated heterocycles. The van der Waals surface area contributed by atoms with Gasteiger partial charge in [0.2, 0.25) is 0 Å². The van der Waals surface area contributed by atoms with Gasteiger partial charge in [0.15, 0.2) is 0 Å². The Morgan fingerprint density at radius 2 is 2.41 bits per heavy atom. The third-order valence-electron chi connectivity index (χ3n) is 3.39. The summed E-state index contributed by atoms with van der Waals surface area (Å²) >= 11 is 3.39. The lowest BCUT2D eigenvalue weighted by atomic mass is 9.79. The van der Waals surface area contributed by atoms with E-state index < -0.39 is 5.60 Å². The zero-order chi connectivity index (χ0) is 12.3. The number of aliphatic hydroxyl groups is 1. The van der Waals surface area contributed by atoms with Gasteiger partial charge in [0.05, 0.1) is 17.5 Å². The number of aromatic nitrogens is 1. The minimum absolute atomic E-state index is 0.556. The average molecular weight is 299 g/mol. The highest BCUT2D eigenvalue weighted by Gasteiger charge is 2.32. The van der Waals surface area contributed by atoms with Crippen molar-refractivity contribution in [3.63, 3.8) is 0 Å². The van der Waals surface area contributed by atoms with Gasteiger partial charge in [0.1, 0.15) is 0 Å². The van der Waals surface area contributed by atoms with Crippen molar-refractivity contribution >= 4 is 21.6 Å². The van der Waals surface area contributed by atoms with Crippen LogP contribution in [0.4, 0.5) is 5.69 Å². The van der Waals surface area contributed by atoms with Crippen LogP contribution in [0.15, 0.2) is 22.9 Å².